The van der Waals surface area contributed by atoms with Crippen LogP contribution in [0, 0.1) is 50.2 Å². The van der Waals surface area contributed by atoms with Gasteiger partial charge in [0.25, 0.3) is 0 Å². The smallest absolute Gasteiger partial charge is 0.315 e. The molecule has 5 aliphatic carbocycles. The van der Waals surface area contributed by atoms with Gasteiger partial charge in [-0.3, -0.25) is 9.59 Å². The maximum Gasteiger partial charge on any atom is 0.315 e. The van der Waals surface area contributed by atoms with Gasteiger partial charge in [0.1, 0.15) is 97.7 Å². The number of methoxy groups -OCH3 is 1. The molecular formula is C55H88O26. The second-order valence-corrected chi connectivity index (χ2v) is 26.0. The van der Waals surface area contributed by atoms with Crippen molar-refractivity contribution in [1.82, 2.24) is 0 Å². The van der Waals surface area contributed by atoms with E-state index in [1.807, 2.05) is 13.8 Å². The molecule has 81 heavy (non-hydrogen) atoms. The lowest BCUT2D eigenvalue weighted by molar-refractivity contribution is -0.383. The summed E-state index contributed by atoms with van der Waals surface area (Å²) in [5.74, 6) is -1.74. The summed E-state index contributed by atoms with van der Waals surface area (Å²) < 4.78 is 52.3. The van der Waals surface area contributed by atoms with Crippen LogP contribution in [0.3, 0.4) is 0 Å². The quantitative estimate of drug-likeness (QED) is 0.0449. The van der Waals surface area contributed by atoms with Crippen molar-refractivity contribution in [3.05, 3.63) is 11.6 Å². The minimum atomic E-state index is -2.01. The lowest BCUT2D eigenvalue weighted by atomic mass is 9.33. The van der Waals surface area contributed by atoms with Crippen LogP contribution in [0.4, 0.5) is 0 Å². The van der Waals surface area contributed by atoms with Crippen molar-refractivity contribution < 1.29 is 129 Å². The molecule has 4 heterocycles. The molecule has 8 fully saturated rings. The van der Waals surface area contributed by atoms with E-state index in [-0.39, 0.29) is 31.3 Å². The normalized spacial score (nSPS) is 53.7. The van der Waals surface area contributed by atoms with E-state index >= 15 is 0 Å². The predicted octanol–water partition coefficient (Wildman–Crippen LogP) is -3.91. The first-order valence-corrected chi connectivity index (χ1v) is 28.6. The Hall–Kier alpha value is -2.20. The summed E-state index contributed by atoms with van der Waals surface area (Å²) in [6.45, 7) is 7.03. The van der Waals surface area contributed by atoms with Gasteiger partial charge in [-0.2, -0.15) is 0 Å². The zero-order valence-corrected chi connectivity index (χ0v) is 46.7. The van der Waals surface area contributed by atoms with Gasteiger partial charge in [0.05, 0.1) is 57.1 Å². The van der Waals surface area contributed by atoms with Crippen LogP contribution in [0.2, 0.25) is 0 Å². The number of hydrogen-bond acceptors (Lipinski definition) is 26. The average Bonchev–Trinajstić information content (AvgIpc) is 3.49. The summed E-state index contributed by atoms with van der Waals surface area (Å²) in [4.78, 5) is 28.4. The molecule has 15 N–H and O–H groups in total. The number of hydrogen-bond donors (Lipinski definition) is 15. The summed E-state index contributed by atoms with van der Waals surface area (Å²) in [5, 5.41) is 161. The molecule has 26 nitrogen and oxygen atoms in total. The Morgan fingerprint density at radius 3 is 1.53 bits per heavy atom. The summed E-state index contributed by atoms with van der Waals surface area (Å²) in [6.07, 6.45) is -28.2. The maximum atomic E-state index is 14.9. The Morgan fingerprint density at radius 1 is 0.531 bits per heavy atom. The van der Waals surface area contributed by atoms with Crippen LogP contribution in [0.1, 0.15) is 98.8 Å². The van der Waals surface area contributed by atoms with Gasteiger partial charge < -0.3 is 119 Å². The van der Waals surface area contributed by atoms with Crippen molar-refractivity contribution in [3.8, 4) is 0 Å². The second-order valence-electron chi connectivity index (χ2n) is 26.0. The first-order valence-electron chi connectivity index (χ1n) is 28.6. The Bertz CT molecular complexity index is 2250. The number of fused-ring (bicyclic) bond motifs is 7. The van der Waals surface area contributed by atoms with Gasteiger partial charge in [0.2, 0.25) is 6.29 Å². The van der Waals surface area contributed by atoms with Crippen LogP contribution in [0.5, 0.6) is 0 Å². The van der Waals surface area contributed by atoms with Gasteiger partial charge in [0, 0.05) is 5.41 Å². The first-order chi connectivity index (χ1) is 38.1. The van der Waals surface area contributed by atoms with Crippen LogP contribution in [-0.2, 0) is 52.2 Å². The second kappa shape index (κ2) is 23.5. The van der Waals surface area contributed by atoms with Gasteiger partial charge >= 0.3 is 11.9 Å². The topological polar surface area (TPSA) is 421 Å². The van der Waals surface area contributed by atoms with Crippen LogP contribution < -0.4 is 0 Å². The highest BCUT2D eigenvalue weighted by Crippen LogP contribution is 2.76. The largest absolute Gasteiger partial charge is 0.469 e. The van der Waals surface area contributed by atoms with E-state index in [0.29, 0.717) is 51.4 Å². The van der Waals surface area contributed by atoms with Crippen LogP contribution >= 0.6 is 0 Å². The van der Waals surface area contributed by atoms with Gasteiger partial charge in [0.15, 0.2) is 18.9 Å². The molecule has 30 atom stereocenters. The van der Waals surface area contributed by atoms with E-state index < -0.39 is 206 Å². The molecule has 4 saturated carbocycles. The monoisotopic (exact) mass is 1160 g/mol. The van der Waals surface area contributed by atoms with E-state index in [2.05, 4.69) is 26.8 Å². The Morgan fingerprint density at radius 2 is 1.01 bits per heavy atom. The molecule has 4 aliphatic heterocycles. The minimum absolute atomic E-state index is 0.0272. The number of carbonyl (C=O) groups excluding carboxylic acids is 2. The van der Waals surface area contributed by atoms with Gasteiger partial charge in [-0.05, 0) is 105 Å². The molecular weight excluding hydrogens is 1080 g/mol. The standard InChI is InChI=1S/C55H88O26/c1-50(48(71)73-6)13-15-55(49(72)81-47-39(68)35(64)33(62)26(19-57)75-47)16-14-53(4)23(24(55)17-50)7-8-30-51(2)11-10-31(52(3,22-60)29(51)9-12-54(30,53)5)78-44-40(69)36(65)42(27(20-58)76-44)80-46-41(70)37(66)43(28(21-59)77-46)79-45-38(67)34(63)32(61)25(18-56)74-45/h7,24-47,56-70H,8-22H2,1-6H3/t24-,25+,26+,27+,28+,29+,30+,31-,32+,33+,34-,35-,36+,37+,38+,39+,40+,41+,42+,43+,44-,45-,46-,47-,50-,51-,52-,53+,54+,55-/m0/s1. The zero-order valence-electron chi connectivity index (χ0n) is 46.7. The molecule has 9 aliphatic rings. The third-order valence-electron chi connectivity index (χ3n) is 22.0. The number of aliphatic hydroxyl groups excluding tert-OH is 15. The van der Waals surface area contributed by atoms with Crippen LogP contribution in [-0.4, -0.2) is 258 Å². The van der Waals surface area contributed by atoms with E-state index in [1.54, 1.807) is 0 Å². The number of ether oxygens (including phenoxy) is 9. The highest BCUT2D eigenvalue weighted by atomic mass is 16.8. The van der Waals surface area contributed by atoms with E-state index in [4.69, 9.17) is 42.6 Å². The van der Waals surface area contributed by atoms with Crippen molar-refractivity contribution in [2.24, 2.45) is 50.2 Å². The fourth-order valence-corrected chi connectivity index (χ4v) is 16.8. The molecule has 0 bridgehead atoms. The number of carbonyl (C=O) groups is 2. The maximum absolute atomic E-state index is 14.9. The molecule has 4 saturated heterocycles. The zero-order chi connectivity index (χ0) is 59.3. The third kappa shape index (κ3) is 10.2. The Kier molecular flexibility index (Phi) is 18.4. The molecule has 26 heteroatoms. The first kappa shape index (κ1) is 63.3. The molecule has 0 aromatic rings. The summed E-state index contributed by atoms with van der Waals surface area (Å²) in [6, 6.07) is 0. The lowest BCUT2D eigenvalue weighted by Crippen LogP contribution is -2.68. The Balaban J connectivity index is 0.907. The molecule has 0 aromatic heterocycles. The number of aliphatic hydroxyl groups is 15. The van der Waals surface area contributed by atoms with Crippen molar-refractivity contribution in [2.45, 2.75) is 228 Å². The van der Waals surface area contributed by atoms with E-state index in [0.717, 1.165) is 5.57 Å². The third-order valence-corrected chi connectivity index (χ3v) is 22.0. The van der Waals surface area contributed by atoms with Crippen molar-refractivity contribution in [2.75, 3.05) is 40.1 Å². The summed E-state index contributed by atoms with van der Waals surface area (Å²) in [5.41, 5.74) is -3.41. The highest BCUT2D eigenvalue weighted by molar-refractivity contribution is 5.81. The van der Waals surface area contributed by atoms with Crippen molar-refractivity contribution in [3.63, 3.8) is 0 Å². The van der Waals surface area contributed by atoms with Crippen LogP contribution in [0.15, 0.2) is 11.6 Å². The molecule has 9 rings (SSSR count). The van der Waals surface area contributed by atoms with E-state index in [9.17, 15) is 86.2 Å². The lowest BCUT2D eigenvalue weighted by Gasteiger charge is -2.71. The number of esters is 2. The fraction of sp³-hybridized carbons (Fsp3) is 0.927. The van der Waals surface area contributed by atoms with Crippen LogP contribution in [0.25, 0.3) is 0 Å². The predicted molar refractivity (Wildman–Crippen MR) is 271 cm³/mol. The molecule has 0 amide bonds. The van der Waals surface area contributed by atoms with Gasteiger partial charge in [-0.1, -0.05) is 39.3 Å². The molecule has 0 radical (unpaired) electrons. The number of allylic oxidation sites excluding steroid dienone is 2. The molecule has 0 aromatic carbocycles. The summed E-state index contributed by atoms with van der Waals surface area (Å²) >= 11 is 0. The van der Waals surface area contributed by atoms with Gasteiger partial charge in [-0.15, -0.1) is 0 Å². The SMILES string of the molecule is COC(=O)[C@@]1(C)CC[C@]2(C(=O)O[C@@H]3O[C@H](CO)[C@@H](O)[C@H](O)[C@H]3O)CC[C@]3(C)C(=CC[C@@H]4[C@@]5(C)CC[C@H](O[C@@H]6O[C@H](CO)[C@@H](O[C@@H]7O[C@H](CO)[C@@H](O[C@@H]8O[C@H](CO)[C@@H](O)[C@H](O)[C@H]8O)[C@H](O)[C@H]7O)[C@H](O)[C@H]6O)[C@@](C)(CO)[C@@H]5CC[C@]43C)[C@@H]2C1. The fourth-order valence-electron chi connectivity index (χ4n) is 16.8. The average molecular weight is 1170 g/mol. The number of rotatable bonds is 14. The summed E-state index contributed by atoms with van der Waals surface area (Å²) in [7, 11) is 1.33. The molecule has 464 valence electrons. The van der Waals surface area contributed by atoms with E-state index in [1.165, 1.54) is 7.11 Å². The Labute approximate surface area is 469 Å². The van der Waals surface area contributed by atoms with Crippen molar-refractivity contribution >= 4 is 11.9 Å². The molecule has 0 spiro atoms. The van der Waals surface area contributed by atoms with Gasteiger partial charge in [-0.25, -0.2) is 0 Å². The highest BCUT2D eigenvalue weighted by Gasteiger charge is 2.71. The molecule has 0 unspecified atom stereocenters. The van der Waals surface area contributed by atoms with Crippen molar-refractivity contribution in [1.29, 1.82) is 0 Å². The minimum Gasteiger partial charge on any atom is -0.469 e.